The van der Waals surface area contributed by atoms with Crippen molar-refractivity contribution in [3.8, 4) is 0 Å². The molecule has 1 rings (SSSR count). The average Bonchev–Trinajstić information content (AvgIpc) is 2.25. The first kappa shape index (κ1) is 13.0. The van der Waals surface area contributed by atoms with Crippen LogP contribution in [-0.4, -0.2) is 26.3 Å². The Bertz CT molecular complexity index is 160. The van der Waals surface area contributed by atoms with Crippen molar-refractivity contribution in [2.75, 3.05) is 26.3 Å². The van der Waals surface area contributed by atoms with E-state index in [-0.39, 0.29) is 0 Å². The van der Waals surface area contributed by atoms with E-state index in [1.165, 1.54) is 32.2 Å². The fourth-order valence-electron chi connectivity index (χ4n) is 2.20. The van der Waals surface area contributed by atoms with Gasteiger partial charge in [-0.1, -0.05) is 33.6 Å². The van der Waals surface area contributed by atoms with Gasteiger partial charge in [-0.05, 0) is 30.7 Å². The number of ether oxygens (including phenoxy) is 1. The molecule has 0 unspecified atom stereocenters. The maximum absolute atomic E-state index is 5.41. The summed E-state index contributed by atoms with van der Waals surface area (Å²) < 4.78 is 5.41. The fourth-order valence-corrected chi connectivity index (χ4v) is 2.20. The molecule has 1 saturated heterocycles. The first-order valence-corrected chi connectivity index (χ1v) is 6.48. The summed E-state index contributed by atoms with van der Waals surface area (Å²) in [6.45, 7) is 11.2. The van der Waals surface area contributed by atoms with Gasteiger partial charge in [-0.2, -0.15) is 0 Å². The lowest BCUT2D eigenvalue weighted by Gasteiger charge is -2.34. The van der Waals surface area contributed by atoms with Crippen LogP contribution >= 0.6 is 0 Å². The Labute approximate surface area is 94.8 Å². The summed E-state index contributed by atoms with van der Waals surface area (Å²) in [6, 6.07) is 0. The zero-order valence-electron chi connectivity index (χ0n) is 10.6. The third kappa shape index (κ3) is 4.52. The molecule has 0 aromatic heterocycles. The Morgan fingerprint density at radius 2 is 1.80 bits per heavy atom. The second kappa shape index (κ2) is 6.49. The summed E-state index contributed by atoms with van der Waals surface area (Å²) in [7, 11) is 0. The maximum atomic E-state index is 5.41. The van der Waals surface area contributed by atoms with Gasteiger partial charge in [0.15, 0.2) is 0 Å². The van der Waals surface area contributed by atoms with E-state index in [2.05, 4.69) is 26.1 Å². The molecule has 1 N–H and O–H groups in total. The number of nitrogens with one attached hydrogen (secondary N) is 1. The highest BCUT2D eigenvalue weighted by Crippen LogP contribution is 2.28. The lowest BCUT2D eigenvalue weighted by Crippen LogP contribution is -2.38. The van der Waals surface area contributed by atoms with Crippen molar-refractivity contribution in [2.45, 2.75) is 46.5 Å². The standard InChI is InChI=1S/C13H27NO/c1-4-12(5-2)10-14-11-13(3)6-8-15-9-7-13/h12,14H,4-11H2,1-3H3. The van der Waals surface area contributed by atoms with Crippen molar-refractivity contribution >= 4 is 0 Å². The minimum absolute atomic E-state index is 0.476. The molecule has 15 heavy (non-hydrogen) atoms. The second-order valence-electron chi connectivity index (χ2n) is 5.24. The van der Waals surface area contributed by atoms with Crippen LogP contribution in [0.4, 0.5) is 0 Å². The highest BCUT2D eigenvalue weighted by molar-refractivity contribution is 4.79. The first-order valence-electron chi connectivity index (χ1n) is 6.48. The molecule has 1 aliphatic rings. The Hall–Kier alpha value is -0.0800. The zero-order valence-corrected chi connectivity index (χ0v) is 10.6. The van der Waals surface area contributed by atoms with Gasteiger partial charge in [0.1, 0.15) is 0 Å². The molecule has 1 fully saturated rings. The Morgan fingerprint density at radius 1 is 1.20 bits per heavy atom. The zero-order chi connectivity index (χ0) is 11.1. The van der Waals surface area contributed by atoms with Crippen LogP contribution in [0.2, 0.25) is 0 Å². The van der Waals surface area contributed by atoms with Crippen molar-refractivity contribution < 1.29 is 4.74 Å². The van der Waals surface area contributed by atoms with Crippen LogP contribution in [-0.2, 0) is 4.74 Å². The van der Waals surface area contributed by atoms with Gasteiger partial charge in [0.05, 0.1) is 0 Å². The predicted molar refractivity (Wildman–Crippen MR) is 65.1 cm³/mol. The van der Waals surface area contributed by atoms with Gasteiger partial charge in [0.2, 0.25) is 0 Å². The van der Waals surface area contributed by atoms with Gasteiger partial charge in [0, 0.05) is 19.8 Å². The number of rotatable bonds is 6. The van der Waals surface area contributed by atoms with Gasteiger partial charge >= 0.3 is 0 Å². The van der Waals surface area contributed by atoms with E-state index in [0.29, 0.717) is 5.41 Å². The largest absolute Gasteiger partial charge is 0.381 e. The Kier molecular flexibility index (Phi) is 5.62. The monoisotopic (exact) mass is 213 g/mol. The van der Waals surface area contributed by atoms with E-state index in [1.54, 1.807) is 0 Å². The summed E-state index contributed by atoms with van der Waals surface area (Å²) in [5, 5.41) is 3.64. The normalized spacial score (nSPS) is 20.8. The second-order valence-corrected chi connectivity index (χ2v) is 5.24. The molecule has 2 heteroatoms. The summed E-state index contributed by atoms with van der Waals surface area (Å²) in [5.74, 6) is 0.855. The topological polar surface area (TPSA) is 21.3 Å². The van der Waals surface area contributed by atoms with Crippen molar-refractivity contribution in [2.24, 2.45) is 11.3 Å². The first-order chi connectivity index (χ1) is 7.20. The van der Waals surface area contributed by atoms with Gasteiger partial charge in [0.25, 0.3) is 0 Å². The van der Waals surface area contributed by atoms with E-state index >= 15 is 0 Å². The van der Waals surface area contributed by atoms with Crippen LogP contribution in [0.5, 0.6) is 0 Å². The molecule has 0 atom stereocenters. The molecule has 1 aliphatic heterocycles. The summed E-state index contributed by atoms with van der Waals surface area (Å²) >= 11 is 0. The van der Waals surface area contributed by atoms with Crippen molar-refractivity contribution in [1.29, 1.82) is 0 Å². The molecule has 0 aromatic carbocycles. The van der Waals surface area contributed by atoms with Crippen LogP contribution in [0, 0.1) is 11.3 Å². The Morgan fingerprint density at radius 3 is 2.33 bits per heavy atom. The van der Waals surface area contributed by atoms with E-state index < -0.39 is 0 Å². The molecule has 0 amide bonds. The Balaban J connectivity index is 2.17. The molecule has 0 radical (unpaired) electrons. The van der Waals surface area contributed by atoms with Crippen LogP contribution in [0.3, 0.4) is 0 Å². The average molecular weight is 213 g/mol. The van der Waals surface area contributed by atoms with E-state index in [4.69, 9.17) is 4.74 Å². The minimum Gasteiger partial charge on any atom is -0.381 e. The fraction of sp³-hybridized carbons (Fsp3) is 1.00. The van der Waals surface area contributed by atoms with E-state index in [1.807, 2.05) is 0 Å². The van der Waals surface area contributed by atoms with Crippen LogP contribution < -0.4 is 5.32 Å². The van der Waals surface area contributed by atoms with Gasteiger partial charge in [-0.3, -0.25) is 0 Å². The van der Waals surface area contributed by atoms with Crippen molar-refractivity contribution in [3.63, 3.8) is 0 Å². The number of hydrogen-bond donors (Lipinski definition) is 1. The SMILES string of the molecule is CCC(CC)CNCC1(C)CCOCC1. The van der Waals surface area contributed by atoms with E-state index in [0.717, 1.165) is 25.7 Å². The van der Waals surface area contributed by atoms with Crippen molar-refractivity contribution in [1.82, 2.24) is 5.32 Å². The summed E-state index contributed by atoms with van der Waals surface area (Å²) in [5.41, 5.74) is 0.476. The third-order valence-corrected chi connectivity index (χ3v) is 3.84. The lowest BCUT2D eigenvalue weighted by atomic mass is 9.82. The molecule has 0 aliphatic carbocycles. The van der Waals surface area contributed by atoms with Crippen LogP contribution in [0.1, 0.15) is 46.5 Å². The van der Waals surface area contributed by atoms with Gasteiger partial charge < -0.3 is 10.1 Å². The molecule has 0 saturated carbocycles. The van der Waals surface area contributed by atoms with Gasteiger partial charge in [-0.15, -0.1) is 0 Å². The van der Waals surface area contributed by atoms with Crippen LogP contribution in [0.25, 0.3) is 0 Å². The molecular formula is C13H27NO. The molecule has 2 nitrogen and oxygen atoms in total. The highest BCUT2D eigenvalue weighted by atomic mass is 16.5. The smallest absolute Gasteiger partial charge is 0.0471 e. The summed E-state index contributed by atoms with van der Waals surface area (Å²) in [4.78, 5) is 0. The van der Waals surface area contributed by atoms with Crippen LogP contribution in [0.15, 0.2) is 0 Å². The molecule has 0 bridgehead atoms. The van der Waals surface area contributed by atoms with E-state index in [9.17, 15) is 0 Å². The quantitative estimate of drug-likeness (QED) is 0.732. The lowest BCUT2D eigenvalue weighted by molar-refractivity contribution is 0.0237. The van der Waals surface area contributed by atoms with Gasteiger partial charge in [-0.25, -0.2) is 0 Å². The molecule has 0 aromatic rings. The third-order valence-electron chi connectivity index (χ3n) is 3.84. The predicted octanol–water partition coefficient (Wildman–Crippen LogP) is 2.83. The molecule has 1 heterocycles. The number of hydrogen-bond acceptors (Lipinski definition) is 2. The maximum Gasteiger partial charge on any atom is 0.0471 e. The molecular weight excluding hydrogens is 186 g/mol. The highest BCUT2D eigenvalue weighted by Gasteiger charge is 2.26. The molecule has 0 spiro atoms. The molecule has 90 valence electrons. The van der Waals surface area contributed by atoms with Crippen molar-refractivity contribution in [3.05, 3.63) is 0 Å². The summed E-state index contributed by atoms with van der Waals surface area (Å²) in [6.07, 6.45) is 5.01. The minimum atomic E-state index is 0.476.